The van der Waals surface area contributed by atoms with Gasteiger partial charge in [-0.25, -0.2) is 0 Å². The number of Topliss-reactive ketones (excluding diaryl/α,β-unsaturated/α-hetero) is 1. The maximum Gasteiger partial charge on any atom is 0.164 e. The molecule has 1 unspecified atom stereocenters. The molecule has 2 heteroatoms. The molecule has 2 aliphatic rings. The van der Waals surface area contributed by atoms with Gasteiger partial charge in [-0.3, -0.25) is 4.79 Å². The molecule has 1 aliphatic heterocycles. The Morgan fingerprint density at radius 1 is 1.38 bits per heavy atom. The molecule has 1 fully saturated rings. The van der Waals surface area contributed by atoms with Crippen LogP contribution in [0.3, 0.4) is 0 Å². The zero-order chi connectivity index (χ0) is 12.0. The molecule has 16 heavy (non-hydrogen) atoms. The monoisotopic (exact) mass is 222 g/mol. The largest absolute Gasteiger partial charge is 0.369 e. The molecule has 1 aliphatic carbocycles. The van der Waals surface area contributed by atoms with Gasteiger partial charge in [0.05, 0.1) is 17.1 Å². The lowest BCUT2D eigenvalue weighted by Crippen LogP contribution is -2.34. The van der Waals surface area contributed by atoms with Crippen LogP contribution in [0.15, 0.2) is 11.6 Å². The van der Waals surface area contributed by atoms with Crippen molar-refractivity contribution in [3.63, 3.8) is 0 Å². The first kappa shape index (κ1) is 11.8. The molecule has 0 aromatic heterocycles. The summed E-state index contributed by atoms with van der Waals surface area (Å²) >= 11 is 0. The van der Waals surface area contributed by atoms with Gasteiger partial charge in [0.25, 0.3) is 0 Å². The molecule has 90 valence electrons. The van der Waals surface area contributed by atoms with Crippen LogP contribution in [0.4, 0.5) is 0 Å². The number of allylic oxidation sites excluding steroid dienone is 2. The van der Waals surface area contributed by atoms with Gasteiger partial charge in [-0.1, -0.05) is 6.08 Å². The van der Waals surface area contributed by atoms with Crippen molar-refractivity contribution in [2.24, 2.45) is 5.92 Å². The number of carbonyl (C=O) groups excluding carboxylic acids is 1. The SMILES string of the molecule is CC1(C)CC(C(=O)C2=CCCC2)C(C)(C)O1. The van der Waals surface area contributed by atoms with Crippen LogP contribution < -0.4 is 0 Å². The van der Waals surface area contributed by atoms with Gasteiger partial charge < -0.3 is 4.74 Å². The summed E-state index contributed by atoms with van der Waals surface area (Å²) in [7, 11) is 0. The smallest absolute Gasteiger partial charge is 0.164 e. The quantitative estimate of drug-likeness (QED) is 0.717. The van der Waals surface area contributed by atoms with Crippen molar-refractivity contribution in [2.45, 2.75) is 64.6 Å². The molecule has 0 aromatic carbocycles. The number of ether oxygens (including phenoxy) is 1. The van der Waals surface area contributed by atoms with E-state index < -0.39 is 0 Å². The van der Waals surface area contributed by atoms with Crippen LogP contribution in [0.25, 0.3) is 0 Å². The maximum atomic E-state index is 12.4. The third kappa shape index (κ3) is 2.08. The van der Waals surface area contributed by atoms with Crippen molar-refractivity contribution in [1.82, 2.24) is 0 Å². The average molecular weight is 222 g/mol. The first-order chi connectivity index (χ1) is 7.32. The second-order valence-electron chi connectivity index (χ2n) is 6.21. The molecule has 0 N–H and O–H groups in total. The standard InChI is InChI=1S/C14H22O2/c1-13(2)9-11(14(3,4)16-13)12(15)10-7-5-6-8-10/h7,11H,5-6,8-9H2,1-4H3. The second-order valence-corrected chi connectivity index (χ2v) is 6.21. The number of hydrogen-bond acceptors (Lipinski definition) is 2. The van der Waals surface area contributed by atoms with Crippen molar-refractivity contribution in [3.05, 3.63) is 11.6 Å². The van der Waals surface area contributed by atoms with E-state index in [1.165, 1.54) is 0 Å². The Morgan fingerprint density at radius 3 is 2.50 bits per heavy atom. The normalized spacial score (nSPS) is 31.5. The predicted molar refractivity (Wildman–Crippen MR) is 64.3 cm³/mol. The molecule has 0 bridgehead atoms. The number of hydrogen-bond donors (Lipinski definition) is 0. The molecular formula is C14H22O2. The maximum absolute atomic E-state index is 12.4. The van der Waals surface area contributed by atoms with Crippen molar-refractivity contribution in [3.8, 4) is 0 Å². The lowest BCUT2D eigenvalue weighted by molar-refractivity contribution is -0.125. The van der Waals surface area contributed by atoms with Crippen LogP contribution in [0.2, 0.25) is 0 Å². The highest BCUT2D eigenvalue weighted by Crippen LogP contribution is 2.44. The minimum atomic E-state index is -0.315. The molecule has 0 aromatic rings. The Balaban J connectivity index is 2.18. The van der Waals surface area contributed by atoms with Gasteiger partial charge in [0.2, 0.25) is 0 Å². The van der Waals surface area contributed by atoms with Crippen molar-refractivity contribution < 1.29 is 9.53 Å². The van der Waals surface area contributed by atoms with E-state index >= 15 is 0 Å². The van der Waals surface area contributed by atoms with Gasteiger partial charge in [0.15, 0.2) is 5.78 Å². The van der Waals surface area contributed by atoms with Crippen molar-refractivity contribution in [2.75, 3.05) is 0 Å². The van der Waals surface area contributed by atoms with Crippen LogP contribution >= 0.6 is 0 Å². The van der Waals surface area contributed by atoms with Gasteiger partial charge in [-0.15, -0.1) is 0 Å². The van der Waals surface area contributed by atoms with Gasteiger partial charge in [0, 0.05) is 0 Å². The van der Waals surface area contributed by atoms with Gasteiger partial charge in [0.1, 0.15) is 0 Å². The van der Waals surface area contributed by atoms with E-state index in [1.54, 1.807) is 0 Å². The van der Waals surface area contributed by atoms with E-state index in [0.717, 1.165) is 31.3 Å². The Bertz CT molecular complexity index is 337. The summed E-state index contributed by atoms with van der Waals surface area (Å²) in [5, 5.41) is 0. The van der Waals surface area contributed by atoms with E-state index in [0.29, 0.717) is 5.78 Å². The molecule has 0 radical (unpaired) electrons. The molecular weight excluding hydrogens is 200 g/mol. The summed E-state index contributed by atoms with van der Waals surface area (Å²) in [4.78, 5) is 12.4. The molecule has 2 nitrogen and oxygen atoms in total. The lowest BCUT2D eigenvalue weighted by atomic mass is 9.81. The topological polar surface area (TPSA) is 26.3 Å². The fourth-order valence-corrected chi connectivity index (χ4v) is 3.09. The third-order valence-electron chi connectivity index (χ3n) is 3.75. The molecule has 0 spiro atoms. The van der Waals surface area contributed by atoms with E-state index in [1.807, 2.05) is 13.8 Å². The van der Waals surface area contributed by atoms with Crippen LogP contribution in [-0.4, -0.2) is 17.0 Å². The number of carbonyl (C=O) groups is 1. The van der Waals surface area contributed by atoms with E-state index in [2.05, 4.69) is 19.9 Å². The fourth-order valence-electron chi connectivity index (χ4n) is 3.09. The Hall–Kier alpha value is -0.630. The van der Waals surface area contributed by atoms with E-state index in [4.69, 9.17) is 4.74 Å². The Kier molecular flexibility index (Phi) is 2.73. The van der Waals surface area contributed by atoms with Gasteiger partial charge in [-0.05, 0) is 59.0 Å². The molecule has 1 saturated heterocycles. The van der Waals surface area contributed by atoms with Crippen molar-refractivity contribution >= 4 is 5.78 Å². The highest BCUT2D eigenvalue weighted by atomic mass is 16.5. The Labute approximate surface area is 98.1 Å². The summed E-state index contributed by atoms with van der Waals surface area (Å²) in [6.07, 6.45) is 6.13. The zero-order valence-corrected chi connectivity index (χ0v) is 10.8. The van der Waals surface area contributed by atoms with Gasteiger partial charge >= 0.3 is 0 Å². The first-order valence-corrected chi connectivity index (χ1v) is 6.25. The van der Waals surface area contributed by atoms with Gasteiger partial charge in [-0.2, -0.15) is 0 Å². The highest BCUT2D eigenvalue weighted by molar-refractivity contribution is 5.98. The summed E-state index contributed by atoms with van der Waals surface area (Å²) in [5.41, 5.74) is 0.562. The molecule has 2 rings (SSSR count). The summed E-state index contributed by atoms with van der Waals surface area (Å²) < 4.78 is 5.98. The highest BCUT2D eigenvalue weighted by Gasteiger charge is 2.49. The molecule has 0 amide bonds. The van der Waals surface area contributed by atoms with E-state index in [-0.39, 0.29) is 17.1 Å². The third-order valence-corrected chi connectivity index (χ3v) is 3.75. The van der Waals surface area contributed by atoms with E-state index in [9.17, 15) is 4.79 Å². The average Bonchev–Trinajstić information content (AvgIpc) is 2.69. The van der Waals surface area contributed by atoms with Crippen LogP contribution in [-0.2, 0) is 9.53 Å². The fraction of sp³-hybridized carbons (Fsp3) is 0.786. The van der Waals surface area contributed by atoms with Crippen molar-refractivity contribution in [1.29, 1.82) is 0 Å². The van der Waals surface area contributed by atoms with Crippen LogP contribution in [0.1, 0.15) is 53.4 Å². The second kappa shape index (κ2) is 3.69. The first-order valence-electron chi connectivity index (χ1n) is 6.25. The van der Waals surface area contributed by atoms with Crippen LogP contribution in [0.5, 0.6) is 0 Å². The Morgan fingerprint density at radius 2 is 2.06 bits per heavy atom. The predicted octanol–water partition coefficient (Wildman–Crippen LogP) is 3.26. The molecule has 0 saturated carbocycles. The minimum absolute atomic E-state index is 0.0341. The van der Waals surface area contributed by atoms with Crippen LogP contribution in [0, 0.1) is 5.92 Å². The summed E-state index contributed by atoms with van der Waals surface area (Å²) in [5.74, 6) is 0.361. The summed E-state index contributed by atoms with van der Waals surface area (Å²) in [6, 6.07) is 0. The summed E-state index contributed by atoms with van der Waals surface area (Å²) in [6.45, 7) is 8.23. The number of ketones is 1. The molecule has 1 heterocycles. The lowest BCUT2D eigenvalue weighted by Gasteiger charge is -2.26. The molecule has 1 atom stereocenters. The minimum Gasteiger partial charge on any atom is -0.369 e. The zero-order valence-electron chi connectivity index (χ0n) is 10.8. The number of rotatable bonds is 2.